The van der Waals surface area contributed by atoms with E-state index in [0.29, 0.717) is 23.5 Å². The lowest BCUT2D eigenvalue weighted by Gasteiger charge is -2.04. The van der Waals surface area contributed by atoms with Crippen LogP contribution in [0.1, 0.15) is 15.9 Å². The van der Waals surface area contributed by atoms with Gasteiger partial charge in [-0.15, -0.1) is 0 Å². The van der Waals surface area contributed by atoms with Crippen molar-refractivity contribution in [3.63, 3.8) is 0 Å². The number of carbonyl (C=O) groups excluding carboxylic acids is 1. The molecule has 21 heavy (non-hydrogen) atoms. The van der Waals surface area contributed by atoms with Crippen molar-refractivity contribution in [1.29, 1.82) is 0 Å². The van der Waals surface area contributed by atoms with E-state index in [1.807, 2.05) is 42.5 Å². The molecule has 0 fully saturated rings. The van der Waals surface area contributed by atoms with Crippen LogP contribution < -0.4 is 0 Å². The molecule has 0 aliphatic heterocycles. The molecular formula is C16H12BrN3O. The summed E-state index contributed by atoms with van der Waals surface area (Å²) in [5, 5.41) is 4.49. The van der Waals surface area contributed by atoms with E-state index >= 15 is 0 Å². The van der Waals surface area contributed by atoms with Gasteiger partial charge in [-0.1, -0.05) is 40.2 Å². The summed E-state index contributed by atoms with van der Waals surface area (Å²) in [6.45, 7) is 0.592. The van der Waals surface area contributed by atoms with Crippen LogP contribution in [0.2, 0.25) is 0 Å². The Balaban J connectivity index is 1.97. The zero-order valence-electron chi connectivity index (χ0n) is 11.1. The molecule has 2 aromatic heterocycles. The third kappa shape index (κ3) is 2.92. The van der Waals surface area contributed by atoms with E-state index in [1.165, 1.54) is 0 Å². The number of rotatable bonds is 4. The van der Waals surface area contributed by atoms with E-state index in [2.05, 4.69) is 26.0 Å². The summed E-state index contributed by atoms with van der Waals surface area (Å²) >= 11 is 3.52. The second-order valence-electron chi connectivity index (χ2n) is 4.55. The molecule has 0 unspecified atom stereocenters. The summed E-state index contributed by atoms with van der Waals surface area (Å²) in [6, 6.07) is 13.5. The molecule has 2 heterocycles. The quantitative estimate of drug-likeness (QED) is 0.681. The highest BCUT2D eigenvalue weighted by atomic mass is 79.9. The number of pyridine rings is 1. The van der Waals surface area contributed by atoms with Crippen molar-refractivity contribution >= 4 is 22.2 Å². The van der Waals surface area contributed by atoms with Crippen LogP contribution in [0.25, 0.3) is 11.4 Å². The van der Waals surface area contributed by atoms with E-state index in [1.54, 1.807) is 17.1 Å². The standard InChI is InChI=1S/C16H12BrN3O/c17-14-6-2-1-5-12(14)9-20-10-13(11-21)16(19-20)15-7-3-4-8-18-15/h1-8,10-11H,9H2. The Bertz CT molecular complexity index is 768. The third-order valence-electron chi connectivity index (χ3n) is 3.11. The molecular weight excluding hydrogens is 330 g/mol. The first kappa shape index (κ1) is 13.7. The fraction of sp³-hybridized carbons (Fsp3) is 0.0625. The average Bonchev–Trinajstić information content (AvgIpc) is 2.93. The lowest BCUT2D eigenvalue weighted by atomic mass is 10.2. The Morgan fingerprint density at radius 1 is 1.14 bits per heavy atom. The number of halogens is 1. The summed E-state index contributed by atoms with van der Waals surface area (Å²) < 4.78 is 2.78. The van der Waals surface area contributed by atoms with Gasteiger partial charge in [0, 0.05) is 16.9 Å². The summed E-state index contributed by atoms with van der Waals surface area (Å²) in [5.74, 6) is 0. The van der Waals surface area contributed by atoms with Gasteiger partial charge in [0.1, 0.15) is 5.69 Å². The van der Waals surface area contributed by atoms with Crippen LogP contribution in [-0.2, 0) is 6.54 Å². The van der Waals surface area contributed by atoms with Crippen molar-refractivity contribution in [2.75, 3.05) is 0 Å². The van der Waals surface area contributed by atoms with Gasteiger partial charge >= 0.3 is 0 Å². The zero-order chi connectivity index (χ0) is 14.7. The normalized spacial score (nSPS) is 10.5. The highest BCUT2D eigenvalue weighted by Crippen LogP contribution is 2.21. The molecule has 0 saturated heterocycles. The van der Waals surface area contributed by atoms with Crippen molar-refractivity contribution in [1.82, 2.24) is 14.8 Å². The lowest BCUT2D eigenvalue weighted by molar-refractivity contribution is 0.112. The largest absolute Gasteiger partial charge is 0.298 e. The van der Waals surface area contributed by atoms with Crippen molar-refractivity contribution in [3.05, 3.63) is 70.5 Å². The maximum atomic E-state index is 11.2. The molecule has 104 valence electrons. The van der Waals surface area contributed by atoms with E-state index in [-0.39, 0.29) is 0 Å². The van der Waals surface area contributed by atoms with Gasteiger partial charge in [-0.2, -0.15) is 5.10 Å². The van der Waals surface area contributed by atoms with Crippen LogP contribution in [0.4, 0.5) is 0 Å². The molecule has 3 aromatic rings. The molecule has 0 aliphatic rings. The van der Waals surface area contributed by atoms with E-state index < -0.39 is 0 Å². The Morgan fingerprint density at radius 2 is 1.95 bits per heavy atom. The Morgan fingerprint density at radius 3 is 2.67 bits per heavy atom. The van der Waals surface area contributed by atoms with E-state index in [9.17, 15) is 4.79 Å². The molecule has 0 amide bonds. The predicted octanol–water partition coefficient (Wildman–Crippen LogP) is 3.57. The van der Waals surface area contributed by atoms with Crippen molar-refractivity contribution < 1.29 is 4.79 Å². The van der Waals surface area contributed by atoms with Crippen molar-refractivity contribution in [2.24, 2.45) is 0 Å². The fourth-order valence-corrected chi connectivity index (χ4v) is 2.52. The van der Waals surface area contributed by atoms with Gasteiger partial charge in [-0.05, 0) is 23.8 Å². The number of benzene rings is 1. The van der Waals surface area contributed by atoms with Crippen molar-refractivity contribution in [2.45, 2.75) is 6.54 Å². The first-order valence-electron chi connectivity index (χ1n) is 6.45. The summed E-state index contributed by atoms with van der Waals surface area (Å²) in [5.41, 5.74) is 2.95. The topological polar surface area (TPSA) is 47.8 Å². The van der Waals surface area contributed by atoms with E-state index in [4.69, 9.17) is 0 Å². The van der Waals surface area contributed by atoms with E-state index in [0.717, 1.165) is 16.3 Å². The monoisotopic (exact) mass is 341 g/mol. The molecule has 0 atom stereocenters. The molecule has 0 radical (unpaired) electrons. The first-order chi connectivity index (χ1) is 10.3. The van der Waals surface area contributed by atoms with Crippen LogP contribution in [-0.4, -0.2) is 21.1 Å². The van der Waals surface area contributed by atoms with Crippen LogP contribution in [0, 0.1) is 0 Å². The van der Waals surface area contributed by atoms with Gasteiger partial charge in [-0.3, -0.25) is 14.5 Å². The maximum absolute atomic E-state index is 11.2. The molecule has 0 spiro atoms. The van der Waals surface area contributed by atoms with Crippen LogP contribution >= 0.6 is 15.9 Å². The van der Waals surface area contributed by atoms with Crippen LogP contribution in [0.3, 0.4) is 0 Å². The maximum Gasteiger partial charge on any atom is 0.153 e. The minimum atomic E-state index is 0.542. The minimum absolute atomic E-state index is 0.542. The Hall–Kier alpha value is -2.27. The average molecular weight is 342 g/mol. The molecule has 1 aromatic carbocycles. The van der Waals surface area contributed by atoms with Gasteiger partial charge in [0.05, 0.1) is 17.8 Å². The number of hydrogen-bond donors (Lipinski definition) is 0. The van der Waals surface area contributed by atoms with Crippen molar-refractivity contribution in [3.8, 4) is 11.4 Å². The van der Waals surface area contributed by atoms with Gasteiger partial charge in [0.25, 0.3) is 0 Å². The highest BCUT2D eigenvalue weighted by molar-refractivity contribution is 9.10. The lowest BCUT2D eigenvalue weighted by Crippen LogP contribution is -2.01. The van der Waals surface area contributed by atoms with Gasteiger partial charge in [-0.25, -0.2) is 0 Å². The molecule has 0 aliphatic carbocycles. The smallest absolute Gasteiger partial charge is 0.153 e. The van der Waals surface area contributed by atoms with Crippen LogP contribution in [0.5, 0.6) is 0 Å². The number of aldehydes is 1. The molecule has 0 bridgehead atoms. The molecule has 0 N–H and O–H groups in total. The summed E-state index contributed by atoms with van der Waals surface area (Å²) in [6.07, 6.45) is 4.25. The second-order valence-corrected chi connectivity index (χ2v) is 5.41. The van der Waals surface area contributed by atoms with Gasteiger partial charge in [0.15, 0.2) is 6.29 Å². The number of carbonyl (C=O) groups is 1. The minimum Gasteiger partial charge on any atom is -0.298 e. The molecule has 3 rings (SSSR count). The molecule has 0 saturated carbocycles. The zero-order valence-corrected chi connectivity index (χ0v) is 12.7. The number of hydrogen-bond acceptors (Lipinski definition) is 3. The number of aromatic nitrogens is 3. The van der Waals surface area contributed by atoms with Gasteiger partial charge < -0.3 is 0 Å². The fourth-order valence-electron chi connectivity index (χ4n) is 2.11. The summed E-state index contributed by atoms with van der Waals surface area (Å²) in [7, 11) is 0. The molecule has 5 heteroatoms. The third-order valence-corrected chi connectivity index (χ3v) is 3.89. The van der Waals surface area contributed by atoms with Gasteiger partial charge in [0.2, 0.25) is 0 Å². The van der Waals surface area contributed by atoms with Crippen LogP contribution in [0.15, 0.2) is 59.3 Å². The Kier molecular flexibility index (Phi) is 3.92. The summed E-state index contributed by atoms with van der Waals surface area (Å²) in [4.78, 5) is 15.5. The highest BCUT2D eigenvalue weighted by Gasteiger charge is 2.12. The SMILES string of the molecule is O=Cc1cn(Cc2ccccc2Br)nc1-c1ccccn1. The Labute approximate surface area is 130 Å². The predicted molar refractivity (Wildman–Crippen MR) is 84.1 cm³/mol. The number of nitrogens with zero attached hydrogens (tertiary/aromatic N) is 3. The second kappa shape index (κ2) is 6.01. The first-order valence-corrected chi connectivity index (χ1v) is 7.24. The molecule has 4 nitrogen and oxygen atoms in total.